The van der Waals surface area contributed by atoms with Crippen molar-refractivity contribution in [3.05, 3.63) is 30.0 Å². The maximum atomic E-state index is 5.64. The minimum atomic E-state index is 0.820. The van der Waals surface area contributed by atoms with Gasteiger partial charge in [0.25, 0.3) is 0 Å². The van der Waals surface area contributed by atoms with E-state index in [1.807, 2.05) is 24.4 Å². The average molecular weight is 231 g/mol. The zero-order valence-corrected chi connectivity index (χ0v) is 10.7. The highest BCUT2D eigenvalue weighted by molar-refractivity contribution is 5.85. The Bertz CT molecular complexity index is 481. The number of hydrogen-bond donors (Lipinski definition) is 2. The number of aryl methyl sites for hydroxylation is 1. The highest BCUT2D eigenvalue weighted by Gasteiger charge is 2.03. The molecule has 17 heavy (non-hydrogen) atoms. The normalized spacial score (nSPS) is 15.9. The predicted octanol–water partition coefficient (Wildman–Crippen LogP) is 2.77. The lowest BCUT2D eigenvalue weighted by Gasteiger charge is -2.01. The van der Waals surface area contributed by atoms with Crippen molar-refractivity contribution in [2.75, 3.05) is 25.9 Å². The molecule has 1 aliphatic heterocycles. The Kier molecular flexibility index (Phi) is 3.69. The summed E-state index contributed by atoms with van der Waals surface area (Å²) in [6.45, 7) is 4.71. The van der Waals surface area contributed by atoms with E-state index in [1.54, 1.807) is 0 Å². The molecule has 0 radical (unpaired) electrons. The summed E-state index contributed by atoms with van der Waals surface area (Å²) in [4.78, 5) is 5.52. The van der Waals surface area contributed by atoms with E-state index in [-0.39, 0.29) is 0 Å². The fourth-order valence-electron chi connectivity index (χ4n) is 2.15. The number of benzene rings is 1. The van der Waals surface area contributed by atoms with Gasteiger partial charge in [-0.05, 0) is 63.7 Å². The lowest BCUT2D eigenvalue weighted by molar-refractivity contribution is 0.418. The van der Waals surface area contributed by atoms with Gasteiger partial charge in [0.05, 0.1) is 0 Å². The van der Waals surface area contributed by atoms with Gasteiger partial charge in [-0.2, -0.15) is 0 Å². The summed E-state index contributed by atoms with van der Waals surface area (Å²) in [5.74, 6) is 0. The Labute approximate surface area is 103 Å². The number of anilines is 1. The zero-order chi connectivity index (χ0) is 12.3. The number of likely N-dealkylation sites (tertiary alicyclic amines) is 1. The summed E-state index contributed by atoms with van der Waals surface area (Å²) >= 11 is 0. The van der Waals surface area contributed by atoms with Gasteiger partial charge < -0.3 is 15.6 Å². The first-order chi connectivity index (χ1) is 8.16. The van der Waals surface area contributed by atoms with Gasteiger partial charge in [-0.3, -0.25) is 0 Å². The van der Waals surface area contributed by atoms with Gasteiger partial charge in [-0.25, -0.2) is 0 Å². The van der Waals surface area contributed by atoms with E-state index in [0.717, 1.165) is 11.2 Å². The first kappa shape index (κ1) is 12.0. The molecule has 92 valence electrons. The van der Waals surface area contributed by atoms with Crippen molar-refractivity contribution < 1.29 is 0 Å². The number of H-pyrrole nitrogens is 1. The van der Waals surface area contributed by atoms with Crippen molar-refractivity contribution in [1.82, 2.24) is 9.88 Å². The standard InChI is InChI=1S/C9H10N2.C5H11N/c1-6-5-11-9-3-2-7(10)4-8(6)9;1-6-4-2-3-5-6/h2-5,11H,10H2,1H3;2-5H2,1H3. The summed E-state index contributed by atoms with van der Waals surface area (Å²) in [7, 11) is 2.17. The third kappa shape index (κ3) is 3.01. The van der Waals surface area contributed by atoms with E-state index in [4.69, 9.17) is 5.73 Å². The molecule has 3 heteroatoms. The Morgan fingerprint density at radius 2 is 1.94 bits per heavy atom. The largest absolute Gasteiger partial charge is 0.399 e. The van der Waals surface area contributed by atoms with Crippen LogP contribution in [0.1, 0.15) is 18.4 Å². The molecule has 2 aromatic rings. The molecule has 2 heterocycles. The summed E-state index contributed by atoms with van der Waals surface area (Å²) in [6, 6.07) is 5.89. The van der Waals surface area contributed by atoms with Crippen molar-refractivity contribution in [3.8, 4) is 0 Å². The van der Waals surface area contributed by atoms with Gasteiger partial charge in [-0.15, -0.1) is 0 Å². The van der Waals surface area contributed by atoms with E-state index in [9.17, 15) is 0 Å². The van der Waals surface area contributed by atoms with Crippen LogP contribution >= 0.6 is 0 Å². The van der Waals surface area contributed by atoms with Crippen LogP contribution < -0.4 is 5.73 Å². The van der Waals surface area contributed by atoms with Gasteiger partial charge in [0.15, 0.2) is 0 Å². The van der Waals surface area contributed by atoms with Crippen LogP contribution in [0.4, 0.5) is 5.69 Å². The summed E-state index contributed by atoms with van der Waals surface area (Å²) in [5.41, 5.74) is 8.85. The molecule has 0 aliphatic carbocycles. The molecule has 1 aromatic heterocycles. The number of hydrogen-bond acceptors (Lipinski definition) is 2. The lowest BCUT2D eigenvalue weighted by atomic mass is 10.2. The minimum Gasteiger partial charge on any atom is -0.399 e. The monoisotopic (exact) mass is 231 g/mol. The molecule has 3 rings (SSSR count). The molecule has 0 unspecified atom stereocenters. The Morgan fingerprint density at radius 1 is 1.24 bits per heavy atom. The molecule has 0 bridgehead atoms. The molecule has 0 spiro atoms. The molecular weight excluding hydrogens is 210 g/mol. The lowest BCUT2D eigenvalue weighted by Crippen LogP contribution is -2.10. The summed E-state index contributed by atoms with van der Waals surface area (Å²) < 4.78 is 0. The van der Waals surface area contributed by atoms with Crippen LogP contribution in [-0.4, -0.2) is 30.0 Å². The first-order valence-corrected chi connectivity index (χ1v) is 6.18. The van der Waals surface area contributed by atoms with Crippen LogP contribution in [0.5, 0.6) is 0 Å². The van der Waals surface area contributed by atoms with Crippen molar-refractivity contribution in [2.24, 2.45) is 0 Å². The highest BCUT2D eigenvalue weighted by atomic mass is 15.1. The van der Waals surface area contributed by atoms with Crippen LogP contribution in [0, 0.1) is 6.92 Å². The summed E-state index contributed by atoms with van der Waals surface area (Å²) in [6.07, 6.45) is 4.82. The zero-order valence-electron chi connectivity index (χ0n) is 10.7. The quantitative estimate of drug-likeness (QED) is 0.685. The van der Waals surface area contributed by atoms with Crippen molar-refractivity contribution in [3.63, 3.8) is 0 Å². The second kappa shape index (κ2) is 5.23. The van der Waals surface area contributed by atoms with Crippen molar-refractivity contribution >= 4 is 16.6 Å². The number of nitrogens with two attached hydrogens (primary N) is 1. The van der Waals surface area contributed by atoms with Gasteiger partial charge in [0.1, 0.15) is 0 Å². The van der Waals surface area contributed by atoms with E-state index in [1.165, 1.54) is 36.9 Å². The fourth-order valence-corrected chi connectivity index (χ4v) is 2.15. The minimum absolute atomic E-state index is 0.820. The number of nitrogens with zero attached hydrogens (tertiary/aromatic N) is 1. The topological polar surface area (TPSA) is 45.0 Å². The number of nitrogen functional groups attached to an aromatic ring is 1. The molecule has 3 N–H and O–H groups in total. The molecule has 1 aromatic carbocycles. The average Bonchev–Trinajstić information content (AvgIpc) is 2.91. The Hall–Kier alpha value is -1.48. The van der Waals surface area contributed by atoms with Crippen LogP contribution in [0.25, 0.3) is 10.9 Å². The first-order valence-electron chi connectivity index (χ1n) is 6.18. The number of aromatic amines is 1. The molecular formula is C14H21N3. The van der Waals surface area contributed by atoms with Crippen molar-refractivity contribution in [2.45, 2.75) is 19.8 Å². The van der Waals surface area contributed by atoms with Gasteiger partial charge in [-0.1, -0.05) is 0 Å². The molecule has 1 saturated heterocycles. The summed E-state index contributed by atoms with van der Waals surface area (Å²) in [5, 5.41) is 1.21. The predicted molar refractivity (Wildman–Crippen MR) is 74.2 cm³/mol. The molecule has 0 saturated carbocycles. The number of fused-ring (bicyclic) bond motifs is 1. The van der Waals surface area contributed by atoms with E-state index in [0.29, 0.717) is 0 Å². The maximum Gasteiger partial charge on any atom is 0.0458 e. The Balaban J connectivity index is 0.000000153. The maximum absolute atomic E-state index is 5.64. The third-order valence-electron chi connectivity index (χ3n) is 3.24. The van der Waals surface area contributed by atoms with E-state index >= 15 is 0 Å². The molecule has 0 atom stereocenters. The molecule has 0 amide bonds. The Morgan fingerprint density at radius 3 is 2.53 bits per heavy atom. The molecule has 1 fully saturated rings. The van der Waals surface area contributed by atoms with Crippen LogP contribution in [0.2, 0.25) is 0 Å². The molecule has 1 aliphatic rings. The number of rotatable bonds is 0. The van der Waals surface area contributed by atoms with Gasteiger partial charge in [0.2, 0.25) is 0 Å². The number of nitrogens with one attached hydrogen (secondary N) is 1. The second-order valence-electron chi connectivity index (χ2n) is 4.79. The van der Waals surface area contributed by atoms with Crippen LogP contribution in [0.3, 0.4) is 0 Å². The van der Waals surface area contributed by atoms with Gasteiger partial charge in [0, 0.05) is 22.8 Å². The van der Waals surface area contributed by atoms with Crippen LogP contribution in [-0.2, 0) is 0 Å². The highest BCUT2D eigenvalue weighted by Crippen LogP contribution is 2.19. The number of aromatic nitrogens is 1. The smallest absolute Gasteiger partial charge is 0.0458 e. The fraction of sp³-hybridized carbons (Fsp3) is 0.429. The third-order valence-corrected chi connectivity index (χ3v) is 3.24. The molecule has 3 nitrogen and oxygen atoms in total. The van der Waals surface area contributed by atoms with Crippen molar-refractivity contribution in [1.29, 1.82) is 0 Å². The van der Waals surface area contributed by atoms with Gasteiger partial charge >= 0.3 is 0 Å². The second-order valence-corrected chi connectivity index (χ2v) is 4.79. The van der Waals surface area contributed by atoms with E-state index < -0.39 is 0 Å². The SMILES string of the molecule is CN1CCCC1.Cc1c[nH]c2ccc(N)cc12. The van der Waals surface area contributed by atoms with E-state index in [2.05, 4.69) is 23.9 Å². The van der Waals surface area contributed by atoms with Crippen LogP contribution in [0.15, 0.2) is 24.4 Å².